The molecule has 0 atom stereocenters. The fourth-order valence-corrected chi connectivity index (χ4v) is 2.79. The van der Waals surface area contributed by atoms with Gasteiger partial charge in [-0.15, -0.1) is 0 Å². The molecule has 2 aromatic rings. The van der Waals surface area contributed by atoms with Gasteiger partial charge in [-0.05, 0) is 42.3 Å². The van der Waals surface area contributed by atoms with Crippen molar-refractivity contribution in [2.45, 2.75) is 13.3 Å². The maximum absolute atomic E-state index is 6.30. The molecule has 0 aliphatic carbocycles. The lowest BCUT2D eigenvalue weighted by atomic mass is 10.1. The van der Waals surface area contributed by atoms with Crippen LogP contribution in [0.15, 0.2) is 51.4 Å². The van der Waals surface area contributed by atoms with E-state index >= 15 is 0 Å². The zero-order valence-electron chi connectivity index (χ0n) is 13.0. The maximum Gasteiger partial charge on any atom is 0.141 e. The number of ether oxygens (including phenoxy) is 2. The third-order valence-electron chi connectivity index (χ3n) is 3.24. The largest absolute Gasteiger partial charge is 0.491 e. The van der Waals surface area contributed by atoms with Gasteiger partial charge >= 0.3 is 0 Å². The van der Waals surface area contributed by atoms with Crippen molar-refractivity contribution in [2.75, 3.05) is 13.2 Å². The first-order chi connectivity index (χ1) is 11.5. The summed E-state index contributed by atoms with van der Waals surface area (Å²) in [7, 11) is 0. The Balaban J connectivity index is 1.95. The molecule has 0 radical (unpaired) electrons. The molecule has 0 unspecified atom stereocenters. The lowest BCUT2D eigenvalue weighted by molar-refractivity contribution is 0.318. The molecule has 6 heteroatoms. The summed E-state index contributed by atoms with van der Waals surface area (Å²) in [5, 5.41) is 0.516. The summed E-state index contributed by atoms with van der Waals surface area (Å²) >= 11 is 20.8. The third-order valence-corrected chi connectivity index (χ3v) is 4.36. The molecule has 2 aromatic carbocycles. The first-order valence-electron chi connectivity index (χ1n) is 7.27. The van der Waals surface area contributed by atoms with Gasteiger partial charge in [0.2, 0.25) is 0 Å². The molecule has 24 heavy (non-hydrogen) atoms. The Morgan fingerprint density at radius 2 is 1.83 bits per heavy atom. The van der Waals surface area contributed by atoms with Gasteiger partial charge in [0.25, 0.3) is 0 Å². The van der Waals surface area contributed by atoms with E-state index in [9.17, 15) is 0 Å². The summed E-state index contributed by atoms with van der Waals surface area (Å²) < 4.78 is 12.6. The summed E-state index contributed by atoms with van der Waals surface area (Å²) in [6.07, 6.45) is 2.37. The van der Waals surface area contributed by atoms with E-state index in [-0.39, 0.29) is 11.1 Å². The van der Waals surface area contributed by atoms with Crippen LogP contribution in [0.3, 0.4) is 0 Å². The highest BCUT2D eigenvalue weighted by Crippen LogP contribution is 2.33. The number of rotatable bonds is 7. The molecule has 0 aromatic heterocycles. The first kappa shape index (κ1) is 19.5. The van der Waals surface area contributed by atoms with E-state index in [4.69, 9.17) is 44.3 Å². The summed E-state index contributed by atoms with van der Waals surface area (Å²) in [6, 6.07) is 11.8. The van der Waals surface area contributed by atoms with Crippen LogP contribution in [0, 0.1) is 6.92 Å². The van der Waals surface area contributed by atoms with Gasteiger partial charge < -0.3 is 9.47 Å². The van der Waals surface area contributed by atoms with Gasteiger partial charge in [0.05, 0.1) is 11.6 Å². The molecular weight excluding hydrogens is 434 g/mol. The molecule has 0 spiro atoms. The van der Waals surface area contributed by atoms with Gasteiger partial charge in [-0.3, -0.25) is 0 Å². The van der Waals surface area contributed by atoms with Crippen LogP contribution in [0.2, 0.25) is 5.02 Å². The molecule has 0 heterocycles. The molecular formula is C18H16BrCl3O2. The van der Waals surface area contributed by atoms with Crippen LogP contribution >= 0.6 is 50.7 Å². The van der Waals surface area contributed by atoms with E-state index in [1.807, 2.05) is 25.1 Å². The van der Waals surface area contributed by atoms with Crippen LogP contribution in [-0.4, -0.2) is 13.2 Å². The highest BCUT2D eigenvalue weighted by atomic mass is 79.9. The second-order valence-corrected chi connectivity index (χ2v) is 7.41. The fourth-order valence-electron chi connectivity index (χ4n) is 2.09. The van der Waals surface area contributed by atoms with Crippen LogP contribution in [-0.2, 0) is 6.42 Å². The van der Waals surface area contributed by atoms with E-state index in [0.29, 0.717) is 23.1 Å². The summed E-state index contributed by atoms with van der Waals surface area (Å²) in [4.78, 5) is 0. The number of hydrogen-bond donors (Lipinski definition) is 0. The lowest BCUT2D eigenvalue weighted by Crippen LogP contribution is -2.03. The number of benzene rings is 2. The van der Waals surface area contributed by atoms with E-state index in [2.05, 4.69) is 28.1 Å². The van der Waals surface area contributed by atoms with Gasteiger partial charge in [0.1, 0.15) is 22.6 Å². The van der Waals surface area contributed by atoms with E-state index in [0.717, 1.165) is 16.5 Å². The fraction of sp³-hybridized carbons (Fsp3) is 0.222. The molecule has 2 nitrogen and oxygen atoms in total. The smallest absolute Gasteiger partial charge is 0.141 e. The minimum atomic E-state index is 0.172. The average molecular weight is 451 g/mol. The Hall–Kier alpha value is -0.870. The molecule has 0 aliphatic heterocycles. The predicted octanol–water partition coefficient (Wildman–Crippen LogP) is 6.73. The van der Waals surface area contributed by atoms with E-state index < -0.39 is 0 Å². The third kappa shape index (κ3) is 6.21. The Kier molecular flexibility index (Phi) is 7.76. The Bertz CT molecular complexity index is 688. The summed E-state index contributed by atoms with van der Waals surface area (Å²) in [6.45, 7) is 2.76. The van der Waals surface area contributed by atoms with Crippen molar-refractivity contribution >= 4 is 50.7 Å². The SMILES string of the molecule is Cc1cc(OCC=C(Cl)Cl)cc(Cl)c1OCCc1ccc(Br)cc1. The molecule has 0 saturated heterocycles. The van der Waals surface area contributed by atoms with Crippen molar-refractivity contribution in [1.82, 2.24) is 0 Å². The molecule has 0 N–H and O–H groups in total. The second-order valence-electron chi connectivity index (χ2n) is 5.08. The zero-order chi connectivity index (χ0) is 17.5. The maximum atomic E-state index is 6.30. The zero-order valence-corrected chi connectivity index (χ0v) is 16.8. The van der Waals surface area contributed by atoms with Crippen LogP contribution < -0.4 is 9.47 Å². The second kappa shape index (κ2) is 9.57. The normalized spacial score (nSPS) is 10.4. The molecule has 0 amide bonds. The highest BCUT2D eigenvalue weighted by molar-refractivity contribution is 9.10. The molecule has 128 valence electrons. The van der Waals surface area contributed by atoms with Crippen LogP contribution in [0.4, 0.5) is 0 Å². The quantitative estimate of drug-likeness (QED) is 0.466. The lowest BCUT2D eigenvalue weighted by Gasteiger charge is -2.13. The Labute approximate surface area is 165 Å². The first-order valence-corrected chi connectivity index (χ1v) is 9.19. The minimum Gasteiger partial charge on any atom is -0.491 e. The van der Waals surface area contributed by atoms with Crippen molar-refractivity contribution in [1.29, 1.82) is 0 Å². The van der Waals surface area contributed by atoms with Gasteiger partial charge in [0, 0.05) is 17.0 Å². The van der Waals surface area contributed by atoms with Crippen LogP contribution in [0.25, 0.3) is 0 Å². The van der Waals surface area contributed by atoms with Gasteiger partial charge in [-0.1, -0.05) is 62.9 Å². The topological polar surface area (TPSA) is 18.5 Å². The highest BCUT2D eigenvalue weighted by Gasteiger charge is 2.09. The van der Waals surface area contributed by atoms with E-state index in [1.54, 1.807) is 12.1 Å². The predicted molar refractivity (Wildman–Crippen MR) is 105 cm³/mol. The van der Waals surface area contributed by atoms with Crippen LogP contribution in [0.5, 0.6) is 11.5 Å². The molecule has 0 saturated carbocycles. The number of halogens is 4. The van der Waals surface area contributed by atoms with Crippen molar-refractivity contribution in [3.63, 3.8) is 0 Å². The standard InChI is InChI=1S/C18H16BrCl3O2/c1-12-10-15(23-9-7-17(21)22)11-16(20)18(12)24-8-6-13-2-4-14(19)5-3-13/h2-5,7,10-11H,6,8-9H2,1H3. The van der Waals surface area contributed by atoms with Crippen molar-refractivity contribution in [3.8, 4) is 11.5 Å². The Morgan fingerprint density at radius 3 is 2.46 bits per heavy atom. The molecule has 0 fully saturated rings. The van der Waals surface area contributed by atoms with Crippen molar-refractivity contribution in [3.05, 3.63) is 67.6 Å². The van der Waals surface area contributed by atoms with Crippen molar-refractivity contribution < 1.29 is 9.47 Å². The summed E-state index contributed by atoms with van der Waals surface area (Å²) in [5.41, 5.74) is 2.12. The van der Waals surface area contributed by atoms with Crippen molar-refractivity contribution in [2.24, 2.45) is 0 Å². The van der Waals surface area contributed by atoms with Crippen LogP contribution in [0.1, 0.15) is 11.1 Å². The minimum absolute atomic E-state index is 0.172. The monoisotopic (exact) mass is 448 g/mol. The number of hydrogen-bond acceptors (Lipinski definition) is 2. The van der Waals surface area contributed by atoms with Gasteiger partial charge in [-0.25, -0.2) is 0 Å². The average Bonchev–Trinajstić information content (AvgIpc) is 2.51. The Morgan fingerprint density at radius 1 is 1.12 bits per heavy atom. The van der Waals surface area contributed by atoms with E-state index in [1.165, 1.54) is 5.56 Å². The van der Waals surface area contributed by atoms with Gasteiger partial charge in [-0.2, -0.15) is 0 Å². The summed E-state index contributed by atoms with van der Waals surface area (Å²) in [5.74, 6) is 1.32. The van der Waals surface area contributed by atoms with Gasteiger partial charge in [0.15, 0.2) is 0 Å². The molecule has 0 aliphatic rings. The number of aryl methyl sites for hydroxylation is 1. The molecule has 0 bridgehead atoms. The molecule has 2 rings (SSSR count).